The maximum atomic E-state index is 13.0. The van der Waals surface area contributed by atoms with Crippen molar-refractivity contribution in [2.45, 2.75) is 9.79 Å². The Hall–Kier alpha value is -3.19. The molecule has 4 aromatic rings. The first-order valence-corrected chi connectivity index (χ1v) is 13.0. The number of fused-ring (bicyclic) bond motifs is 1. The van der Waals surface area contributed by atoms with Gasteiger partial charge in [-0.1, -0.05) is 78.0 Å². The monoisotopic (exact) mass is 517 g/mol. The molecule has 1 aliphatic heterocycles. The number of rotatable bonds is 7. The molecule has 0 spiro atoms. The van der Waals surface area contributed by atoms with E-state index in [1.807, 2.05) is 91.0 Å². The lowest BCUT2D eigenvalue weighted by Gasteiger charge is -2.14. The van der Waals surface area contributed by atoms with Crippen molar-refractivity contribution in [2.24, 2.45) is 0 Å². The standard InChI is InChI=1S/C28H20ClNO3S2/c29-21-12-14-22(15-13-21)34-25-11-4-2-7-20(25)18-26-27(31)30(28(32)35-26)16-17-33-24-10-5-8-19-6-1-3-9-23(19)24/h1-15,18H,16-17H2/b26-18-. The highest BCUT2D eigenvalue weighted by Gasteiger charge is 2.35. The van der Waals surface area contributed by atoms with Crippen molar-refractivity contribution in [1.82, 2.24) is 4.90 Å². The Balaban J connectivity index is 1.28. The van der Waals surface area contributed by atoms with Crippen LogP contribution in [0.5, 0.6) is 5.75 Å². The largest absolute Gasteiger partial charge is 0.491 e. The number of amides is 2. The van der Waals surface area contributed by atoms with Crippen molar-refractivity contribution in [3.8, 4) is 5.75 Å². The van der Waals surface area contributed by atoms with Gasteiger partial charge in [-0.05, 0) is 65.2 Å². The van der Waals surface area contributed by atoms with E-state index in [1.165, 1.54) is 4.90 Å². The zero-order valence-electron chi connectivity index (χ0n) is 18.5. The highest BCUT2D eigenvalue weighted by Crippen LogP contribution is 2.36. The van der Waals surface area contributed by atoms with E-state index in [1.54, 1.807) is 17.8 Å². The second-order valence-electron chi connectivity index (χ2n) is 7.75. The van der Waals surface area contributed by atoms with E-state index < -0.39 is 0 Å². The number of hydrogen-bond acceptors (Lipinski definition) is 5. The summed E-state index contributed by atoms with van der Waals surface area (Å²) in [6.07, 6.45) is 1.79. The molecule has 4 aromatic carbocycles. The van der Waals surface area contributed by atoms with Crippen LogP contribution in [0, 0.1) is 0 Å². The zero-order valence-corrected chi connectivity index (χ0v) is 20.9. The first-order chi connectivity index (χ1) is 17.1. The van der Waals surface area contributed by atoms with Crippen LogP contribution in [0.15, 0.2) is 106 Å². The number of imide groups is 1. The summed E-state index contributed by atoms with van der Waals surface area (Å²) in [6, 6.07) is 29.2. The van der Waals surface area contributed by atoms with Crippen molar-refractivity contribution in [2.75, 3.05) is 13.2 Å². The summed E-state index contributed by atoms with van der Waals surface area (Å²) in [5.74, 6) is 0.437. The molecule has 0 aromatic heterocycles. The molecule has 2 amide bonds. The first kappa shape index (κ1) is 23.5. The van der Waals surface area contributed by atoms with Gasteiger partial charge in [0, 0.05) is 20.2 Å². The molecule has 0 aliphatic carbocycles. The summed E-state index contributed by atoms with van der Waals surface area (Å²) in [7, 11) is 0. The predicted octanol–water partition coefficient (Wildman–Crippen LogP) is 7.76. The Morgan fingerprint density at radius 3 is 2.49 bits per heavy atom. The molecule has 0 saturated carbocycles. The highest BCUT2D eigenvalue weighted by molar-refractivity contribution is 8.18. The van der Waals surface area contributed by atoms with Gasteiger partial charge in [-0.15, -0.1) is 0 Å². The van der Waals surface area contributed by atoms with Crippen molar-refractivity contribution >= 4 is 63.1 Å². The summed E-state index contributed by atoms with van der Waals surface area (Å²) < 4.78 is 5.94. The van der Waals surface area contributed by atoms with Gasteiger partial charge in [-0.25, -0.2) is 0 Å². The van der Waals surface area contributed by atoms with Gasteiger partial charge in [0.2, 0.25) is 0 Å². The van der Waals surface area contributed by atoms with Gasteiger partial charge in [-0.3, -0.25) is 14.5 Å². The maximum Gasteiger partial charge on any atom is 0.293 e. The van der Waals surface area contributed by atoms with Gasteiger partial charge in [0.1, 0.15) is 12.4 Å². The van der Waals surface area contributed by atoms with E-state index in [0.29, 0.717) is 9.93 Å². The normalized spacial score (nSPS) is 14.8. The molecular weight excluding hydrogens is 498 g/mol. The molecule has 7 heteroatoms. The lowest BCUT2D eigenvalue weighted by molar-refractivity contribution is -0.123. The van der Waals surface area contributed by atoms with Gasteiger partial charge >= 0.3 is 0 Å². The van der Waals surface area contributed by atoms with Crippen molar-refractivity contribution in [1.29, 1.82) is 0 Å². The van der Waals surface area contributed by atoms with E-state index in [4.69, 9.17) is 16.3 Å². The molecule has 0 bridgehead atoms. The van der Waals surface area contributed by atoms with Crippen LogP contribution in [0.1, 0.15) is 5.56 Å². The molecule has 0 N–H and O–H groups in total. The SMILES string of the molecule is O=C1S/C(=C\c2ccccc2Sc2ccc(Cl)cc2)C(=O)N1CCOc1cccc2ccccc12. The number of thioether (sulfide) groups is 1. The summed E-state index contributed by atoms with van der Waals surface area (Å²) in [5, 5.41) is 2.47. The van der Waals surface area contributed by atoms with Gasteiger partial charge < -0.3 is 4.74 Å². The first-order valence-electron chi connectivity index (χ1n) is 11.0. The van der Waals surface area contributed by atoms with E-state index >= 15 is 0 Å². The minimum atomic E-state index is -0.298. The van der Waals surface area contributed by atoms with Gasteiger partial charge in [0.25, 0.3) is 11.1 Å². The predicted molar refractivity (Wildman–Crippen MR) is 144 cm³/mol. The molecule has 1 fully saturated rings. The van der Waals surface area contributed by atoms with Crippen LogP contribution < -0.4 is 4.74 Å². The third-order valence-electron chi connectivity index (χ3n) is 5.44. The van der Waals surface area contributed by atoms with Gasteiger partial charge in [-0.2, -0.15) is 0 Å². The third-order valence-corrected chi connectivity index (χ3v) is 7.70. The second-order valence-corrected chi connectivity index (χ2v) is 10.3. The summed E-state index contributed by atoms with van der Waals surface area (Å²) in [6.45, 7) is 0.411. The fourth-order valence-electron chi connectivity index (χ4n) is 3.72. The molecule has 1 saturated heterocycles. The molecule has 4 nitrogen and oxygen atoms in total. The van der Waals surface area contributed by atoms with E-state index in [-0.39, 0.29) is 24.3 Å². The van der Waals surface area contributed by atoms with E-state index in [0.717, 1.165) is 43.6 Å². The fraction of sp³-hybridized carbons (Fsp3) is 0.0714. The summed E-state index contributed by atoms with van der Waals surface area (Å²) >= 11 is 8.53. The molecule has 35 heavy (non-hydrogen) atoms. The lowest BCUT2D eigenvalue weighted by atomic mass is 10.1. The summed E-state index contributed by atoms with van der Waals surface area (Å²) in [4.78, 5) is 29.3. The van der Waals surface area contributed by atoms with Crippen molar-refractivity contribution in [3.63, 3.8) is 0 Å². The van der Waals surface area contributed by atoms with Crippen LogP contribution in [0.4, 0.5) is 4.79 Å². The number of carbonyl (C=O) groups is 2. The Morgan fingerprint density at radius 1 is 0.886 bits per heavy atom. The number of halogens is 1. The van der Waals surface area contributed by atoms with Crippen LogP contribution in [0.25, 0.3) is 16.8 Å². The van der Waals surface area contributed by atoms with Crippen LogP contribution >= 0.6 is 35.1 Å². The van der Waals surface area contributed by atoms with Crippen molar-refractivity contribution in [3.05, 3.63) is 106 Å². The van der Waals surface area contributed by atoms with Crippen LogP contribution in [0.3, 0.4) is 0 Å². The highest BCUT2D eigenvalue weighted by atomic mass is 35.5. The molecule has 0 atom stereocenters. The molecule has 0 radical (unpaired) electrons. The average Bonchev–Trinajstić information content (AvgIpc) is 3.14. The van der Waals surface area contributed by atoms with Crippen molar-refractivity contribution < 1.29 is 14.3 Å². The minimum absolute atomic E-state index is 0.187. The van der Waals surface area contributed by atoms with E-state index in [2.05, 4.69) is 0 Å². The number of benzene rings is 4. The number of carbonyl (C=O) groups excluding carboxylic acids is 2. The maximum absolute atomic E-state index is 13.0. The Bertz CT molecular complexity index is 1430. The van der Waals surface area contributed by atoms with Gasteiger partial charge in [0.15, 0.2) is 0 Å². The molecule has 0 unspecified atom stereocenters. The zero-order chi connectivity index (χ0) is 24.2. The second kappa shape index (κ2) is 10.6. The number of ether oxygens (including phenoxy) is 1. The minimum Gasteiger partial charge on any atom is -0.491 e. The molecule has 1 aliphatic rings. The fourth-order valence-corrected chi connectivity index (χ4v) is 5.62. The van der Waals surface area contributed by atoms with Crippen LogP contribution in [0.2, 0.25) is 5.02 Å². The average molecular weight is 518 g/mol. The van der Waals surface area contributed by atoms with Crippen LogP contribution in [-0.4, -0.2) is 29.2 Å². The Kier molecular flexibility index (Phi) is 7.13. The Labute approximate surface area is 216 Å². The van der Waals surface area contributed by atoms with E-state index in [9.17, 15) is 9.59 Å². The van der Waals surface area contributed by atoms with Crippen LogP contribution in [-0.2, 0) is 4.79 Å². The molecule has 174 valence electrons. The Morgan fingerprint density at radius 2 is 1.63 bits per heavy atom. The molecule has 5 rings (SSSR count). The lowest BCUT2D eigenvalue weighted by Crippen LogP contribution is -2.32. The quantitative estimate of drug-likeness (QED) is 0.234. The number of nitrogens with zero attached hydrogens (tertiary/aromatic N) is 1. The third kappa shape index (κ3) is 5.40. The topological polar surface area (TPSA) is 46.6 Å². The molecule has 1 heterocycles. The van der Waals surface area contributed by atoms with Gasteiger partial charge in [0.05, 0.1) is 11.4 Å². The number of hydrogen-bond donors (Lipinski definition) is 0. The molecular formula is C28H20ClNO3S2. The smallest absolute Gasteiger partial charge is 0.293 e. The summed E-state index contributed by atoms with van der Waals surface area (Å²) in [5.41, 5.74) is 0.880.